The second-order valence-electron chi connectivity index (χ2n) is 6.06. The molecule has 0 aromatic heterocycles. The van der Waals surface area contributed by atoms with E-state index in [1.807, 2.05) is 0 Å². The molecule has 2 fully saturated rings. The van der Waals surface area contributed by atoms with Gasteiger partial charge in [0, 0.05) is 18.1 Å². The van der Waals surface area contributed by atoms with Crippen LogP contribution >= 0.6 is 0 Å². The van der Waals surface area contributed by atoms with Gasteiger partial charge in [0.05, 0.1) is 6.61 Å². The SMILES string of the molecule is CC[C@H](CO)NC1CCN(C2CCCCC2)CC1. The van der Waals surface area contributed by atoms with Crippen LogP contribution in [0.1, 0.15) is 58.3 Å². The maximum atomic E-state index is 9.24. The van der Waals surface area contributed by atoms with Crippen molar-refractivity contribution in [3.63, 3.8) is 0 Å². The van der Waals surface area contributed by atoms with Crippen molar-refractivity contribution in [1.29, 1.82) is 0 Å². The van der Waals surface area contributed by atoms with E-state index in [4.69, 9.17) is 0 Å². The summed E-state index contributed by atoms with van der Waals surface area (Å²) in [5.74, 6) is 0. The second kappa shape index (κ2) is 7.46. The van der Waals surface area contributed by atoms with Gasteiger partial charge in [-0.3, -0.25) is 0 Å². The van der Waals surface area contributed by atoms with Crippen molar-refractivity contribution in [3.05, 3.63) is 0 Å². The van der Waals surface area contributed by atoms with Crippen LogP contribution in [-0.4, -0.2) is 47.8 Å². The minimum absolute atomic E-state index is 0.277. The first-order chi connectivity index (χ1) is 8.83. The smallest absolute Gasteiger partial charge is 0.0584 e. The van der Waals surface area contributed by atoms with E-state index in [2.05, 4.69) is 17.1 Å². The average molecular weight is 254 g/mol. The summed E-state index contributed by atoms with van der Waals surface area (Å²) in [5, 5.41) is 12.8. The third-order valence-electron chi connectivity index (χ3n) is 4.81. The summed E-state index contributed by atoms with van der Waals surface area (Å²) < 4.78 is 0. The molecule has 1 aliphatic heterocycles. The molecule has 0 spiro atoms. The molecule has 0 aromatic rings. The van der Waals surface area contributed by atoms with Gasteiger partial charge < -0.3 is 15.3 Å². The third kappa shape index (κ3) is 3.94. The zero-order valence-electron chi connectivity index (χ0n) is 11.9. The molecule has 1 aliphatic carbocycles. The van der Waals surface area contributed by atoms with Crippen molar-refractivity contribution in [3.8, 4) is 0 Å². The Morgan fingerprint density at radius 1 is 1.11 bits per heavy atom. The lowest BCUT2D eigenvalue weighted by molar-refractivity contribution is 0.108. The van der Waals surface area contributed by atoms with Gasteiger partial charge in [0.1, 0.15) is 0 Å². The van der Waals surface area contributed by atoms with Gasteiger partial charge >= 0.3 is 0 Å². The summed E-state index contributed by atoms with van der Waals surface area (Å²) in [6, 6.07) is 1.80. The highest BCUT2D eigenvalue weighted by molar-refractivity contribution is 4.84. The van der Waals surface area contributed by atoms with Crippen LogP contribution < -0.4 is 5.32 Å². The van der Waals surface area contributed by atoms with Crippen LogP contribution in [0.5, 0.6) is 0 Å². The molecule has 3 heteroatoms. The van der Waals surface area contributed by atoms with Crippen LogP contribution in [0.3, 0.4) is 0 Å². The summed E-state index contributed by atoms with van der Waals surface area (Å²) in [4.78, 5) is 2.72. The fourth-order valence-electron chi connectivity index (χ4n) is 3.51. The van der Waals surface area contributed by atoms with Crippen LogP contribution in [0, 0.1) is 0 Å². The van der Waals surface area contributed by atoms with Crippen molar-refractivity contribution >= 4 is 0 Å². The second-order valence-corrected chi connectivity index (χ2v) is 6.06. The lowest BCUT2D eigenvalue weighted by atomic mass is 9.92. The first-order valence-corrected chi connectivity index (χ1v) is 7.94. The van der Waals surface area contributed by atoms with E-state index in [1.54, 1.807) is 0 Å². The predicted octanol–water partition coefficient (Wildman–Crippen LogP) is 2.14. The molecule has 2 rings (SSSR count). The van der Waals surface area contributed by atoms with Crippen LogP contribution in [0.15, 0.2) is 0 Å². The Labute approximate surface area is 112 Å². The topological polar surface area (TPSA) is 35.5 Å². The van der Waals surface area contributed by atoms with E-state index in [0.29, 0.717) is 12.1 Å². The molecular formula is C15H30N2O. The summed E-state index contributed by atoms with van der Waals surface area (Å²) in [6.07, 6.45) is 10.7. The van der Waals surface area contributed by atoms with Gasteiger partial charge in [0.15, 0.2) is 0 Å². The Morgan fingerprint density at radius 3 is 2.33 bits per heavy atom. The quantitative estimate of drug-likeness (QED) is 0.789. The lowest BCUT2D eigenvalue weighted by Crippen LogP contribution is -2.49. The highest BCUT2D eigenvalue weighted by Crippen LogP contribution is 2.25. The molecule has 2 aliphatic rings. The molecule has 0 aromatic carbocycles. The fourth-order valence-corrected chi connectivity index (χ4v) is 3.51. The van der Waals surface area contributed by atoms with Crippen LogP contribution in [0.25, 0.3) is 0 Å². The van der Waals surface area contributed by atoms with Gasteiger partial charge in [-0.25, -0.2) is 0 Å². The minimum atomic E-state index is 0.277. The molecule has 0 bridgehead atoms. The van der Waals surface area contributed by atoms with Gasteiger partial charge in [-0.2, -0.15) is 0 Å². The standard InChI is InChI=1S/C15H30N2O/c1-2-13(12-18)16-14-8-10-17(11-9-14)15-6-4-3-5-7-15/h13-16,18H,2-12H2,1H3/t13-/m1/s1. The lowest BCUT2D eigenvalue weighted by Gasteiger charge is -2.40. The molecule has 1 heterocycles. The van der Waals surface area contributed by atoms with Crippen LogP contribution in [-0.2, 0) is 0 Å². The maximum absolute atomic E-state index is 9.24. The Hall–Kier alpha value is -0.120. The largest absolute Gasteiger partial charge is 0.395 e. The van der Waals surface area contributed by atoms with Gasteiger partial charge in [0.2, 0.25) is 0 Å². The number of aliphatic hydroxyl groups excluding tert-OH is 1. The van der Waals surface area contributed by atoms with E-state index < -0.39 is 0 Å². The zero-order valence-corrected chi connectivity index (χ0v) is 11.9. The molecule has 0 unspecified atom stereocenters. The number of nitrogens with zero attached hydrogens (tertiary/aromatic N) is 1. The first-order valence-electron chi connectivity index (χ1n) is 7.94. The fraction of sp³-hybridized carbons (Fsp3) is 1.00. The Bertz CT molecular complexity index is 217. The number of rotatable bonds is 5. The van der Waals surface area contributed by atoms with E-state index >= 15 is 0 Å². The Kier molecular flexibility index (Phi) is 5.93. The number of aliphatic hydroxyl groups is 1. The number of nitrogens with one attached hydrogen (secondary N) is 1. The summed E-state index contributed by atoms with van der Waals surface area (Å²) >= 11 is 0. The van der Waals surface area contributed by atoms with Gasteiger partial charge in [-0.1, -0.05) is 26.2 Å². The van der Waals surface area contributed by atoms with E-state index in [1.165, 1.54) is 58.0 Å². The van der Waals surface area contributed by atoms with E-state index in [9.17, 15) is 5.11 Å². The van der Waals surface area contributed by atoms with Crippen molar-refractivity contribution in [2.45, 2.75) is 76.4 Å². The number of hydrogen-bond acceptors (Lipinski definition) is 3. The van der Waals surface area contributed by atoms with Crippen molar-refractivity contribution in [2.75, 3.05) is 19.7 Å². The minimum Gasteiger partial charge on any atom is -0.395 e. The van der Waals surface area contributed by atoms with Crippen molar-refractivity contribution in [1.82, 2.24) is 10.2 Å². The number of hydrogen-bond donors (Lipinski definition) is 2. The Morgan fingerprint density at radius 2 is 1.78 bits per heavy atom. The normalized spacial score (nSPS) is 26.3. The molecule has 3 nitrogen and oxygen atoms in total. The highest BCUT2D eigenvalue weighted by Gasteiger charge is 2.26. The number of likely N-dealkylation sites (tertiary alicyclic amines) is 1. The van der Waals surface area contributed by atoms with Gasteiger partial charge in [0.25, 0.3) is 0 Å². The third-order valence-corrected chi connectivity index (χ3v) is 4.81. The summed E-state index contributed by atoms with van der Waals surface area (Å²) in [7, 11) is 0. The molecule has 1 atom stereocenters. The molecule has 0 radical (unpaired) electrons. The van der Waals surface area contributed by atoms with Crippen LogP contribution in [0.4, 0.5) is 0 Å². The predicted molar refractivity (Wildman–Crippen MR) is 75.8 cm³/mol. The molecule has 106 valence electrons. The molecule has 18 heavy (non-hydrogen) atoms. The maximum Gasteiger partial charge on any atom is 0.0584 e. The molecule has 1 saturated heterocycles. The molecular weight excluding hydrogens is 224 g/mol. The van der Waals surface area contributed by atoms with Crippen molar-refractivity contribution < 1.29 is 5.11 Å². The molecule has 2 N–H and O–H groups in total. The average Bonchev–Trinajstić information content (AvgIpc) is 2.46. The summed E-state index contributed by atoms with van der Waals surface area (Å²) in [5.41, 5.74) is 0. The van der Waals surface area contributed by atoms with E-state index in [-0.39, 0.29) is 6.61 Å². The van der Waals surface area contributed by atoms with Crippen LogP contribution in [0.2, 0.25) is 0 Å². The summed E-state index contributed by atoms with van der Waals surface area (Å²) in [6.45, 7) is 4.93. The van der Waals surface area contributed by atoms with Gasteiger partial charge in [-0.15, -0.1) is 0 Å². The zero-order chi connectivity index (χ0) is 12.8. The van der Waals surface area contributed by atoms with Gasteiger partial charge in [-0.05, 0) is 45.2 Å². The number of piperidine rings is 1. The van der Waals surface area contributed by atoms with E-state index in [0.717, 1.165) is 12.5 Å². The highest BCUT2D eigenvalue weighted by atomic mass is 16.3. The Balaban J connectivity index is 1.70. The van der Waals surface area contributed by atoms with Crippen molar-refractivity contribution in [2.24, 2.45) is 0 Å². The molecule has 1 saturated carbocycles. The monoisotopic (exact) mass is 254 g/mol. The first kappa shape index (κ1) is 14.3. The molecule has 0 amide bonds.